The minimum absolute atomic E-state index is 0.188. The number of hydrogen-bond donors (Lipinski definition) is 2. The van der Waals surface area contributed by atoms with Crippen LogP contribution in [-0.2, 0) is 0 Å². The molecule has 0 fully saturated rings. The maximum Gasteiger partial charge on any atom is 0.256 e. The molecule has 3 aromatic rings. The summed E-state index contributed by atoms with van der Waals surface area (Å²) in [6, 6.07) is 14.2. The first-order valence-electron chi connectivity index (χ1n) is 7.57. The molecule has 2 heterocycles. The second kappa shape index (κ2) is 6.10. The molecule has 1 aliphatic rings. The smallest absolute Gasteiger partial charge is 0.256 e. The summed E-state index contributed by atoms with van der Waals surface area (Å²) >= 11 is 1.49. The van der Waals surface area contributed by atoms with Crippen molar-refractivity contribution in [3.05, 3.63) is 65.4 Å². The number of nitrogens with zero attached hydrogens (tertiary/aromatic N) is 1. The van der Waals surface area contributed by atoms with Crippen LogP contribution >= 0.6 is 11.8 Å². The van der Waals surface area contributed by atoms with Gasteiger partial charge in [-0.3, -0.25) is 9.59 Å². The van der Waals surface area contributed by atoms with Crippen molar-refractivity contribution in [1.82, 2.24) is 5.16 Å². The monoisotopic (exact) mass is 351 g/mol. The molecule has 0 atom stereocenters. The Morgan fingerprint density at radius 3 is 2.80 bits per heavy atom. The summed E-state index contributed by atoms with van der Waals surface area (Å²) in [5.74, 6) is 0.450. The molecule has 0 bridgehead atoms. The van der Waals surface area contributed by atoms with Crippen molar-refractivity contribution in [3.63, 3.8) is 0 Å². The third-order valence-electron chi connectivity index (χ3n) is 3.71. The number of amides is 2. The molecule has 2 amide bonds. The van der Waals surface area contributed by atoms with Crippen LogP contribution in [-0.4, -0.2) is 17.0 Å². The third kappa shape index (κ3) is 3.01. The van der Waals surface area contributed by atoms with Crippen LogP contribution in [0.5, 0.6) is 0 Å². The maximum atomic E-state index is 12.4. The van der Waals surface area contributed by atoms with Crippen LogP contribution in [0.1, 0.15) is 26.5 Å². The number of benzene rings is 2. The molecular formula is C18H13N3O3S. The van der Waals surface area contributed by atoms with E-state index in [-0.39, 0.29) is 11.8 Å². The first-order chi connectivity index (χ1) is 12.1. The lowest BCUT2D eigenvalue weighted by molar-refractivity contribution is 0.101. The highest BCUT2D eigenvalue weighted by Gasteiger charge is 2.21. The Hall–Kier alpha value is -3.06. The van der Waals surface area contributed by atoms with E-state index < -0.39 is 0 Å². The SMILES string of the molecule is Cc1cc(NC(=O)c2ccc3c(c2)NC(=O)c2ccccc2S3)no1. The molecule has 2 aromatic carbocycles. The van der Waals surface area contributed by atoms with E-state index in [1.807, 2.05) is 24.3 Å². The number of aromatic nitrogens is 1. The lowest BCUT2D eigenvalue weighted by atomic mass is 10.1. The van der Waals surface area contributed by atoms with E-state index in [9.17, 15) is 9.59 Å². The van der Waals surface area contributed by atoms with E-state index in [4.69, 9.17) is 4.52 Å². The van der Waals surface area contributed by atoms with Crippen LogP contribution in [0.3, 0.4) is 0 Å². The van der Waals surface area contributed by atoms with E-state index in [0.29, 0.717) is 28.4 Å². The minimum Gasteiger partial charge on any atom is -0.360 e. The fourth-order valence-electron chi connectivity index (χ4n) is 2.52. The zero-order valence-corrected chi connectivity index (χ0v) is 14.0. The molecule has 7 heteroatoms. The molecule has 0 radical (unpaired) electrons. The van der Waals surface area contributed by atoms with Crippen LogP contribution in [0.4, 0.5) is 11.5 Å². The number of carbonyl (C=O) groups excluding carboxylic acids is 2. The zero-order valence-electron chi connectivity index (χ0n) is 13.2. The van der Waals surface area contributed by atoms with Gasteiger partial charge in [-0.25, -0.2) is 0 Å². The van der Waals surface area contributed by atoms with Crippen LogP contribution in [0, 0.1) is 6.92 Å². The second-order valence-corrected chi connectivity index (χ2v) is 6.62. The molecule has 4 rings (SSSR count). The summed E-state index contributed by atoms with van der Waals surface area (Å²) in [7, 11) is 0. The van der Waals surface area contributed by atoms with Crippen molar-refractivity contribution in [2.24, 2.45) is 0 Å². The average Bonchev–Trinajstić information content (AvgIpc) is 2.94. The van der Waals surface area contributed by atoms with Gasteiger partial charge in [0.15, 0.2) is 5.82 Å². The van der Waals surface area contributed by atoms with Gasteiger partial charge in [-0.2, -0.15) is 0 Å². The quantitative estimate of drug-likeness (QED) is 0.730. The first-order valence-corrected chi connectivity index (χ1v) is 8.39. The molecule has 0 saturated heterocycles. The lowest BCUT2D eigenvalue weighted by Gasteiger charge is -2.08. The number of rotatable bonds is 2. The van der Waals surface area contributed by atoms with Gasteiger partial charge in [0.1, 0.15) is 5.76 Å². The average molecular weight is 351 g/mol. The Morgan fingerprint density at radius 2 is 2.00 bits per heavy atom. The first kappa shape index (κ1) is 15.5. The molecule has 25 heavy (non-hydrogen) atoms. The van der Waals surface area contributed by atoms with E-state index in [2.05, 4.69) is 15.8 Å². The number of aryl methyl sites for hydroxylation is 1. The largest absolute Gasteiger partial charge is 0.360 e. The Bertz CT molecular complexity index is 997. The summed E-state index contributed by atoms with van der Waals surface area (Å²) in [4.78, 5) is 26.5. The van der Waals surface area contributed by atoms with Gasteiger partial charge in [0.2, 0.25) is 0 Å². The van der Waals surface area contributed by atoms with Crippen molar-refractivity contribution in [2.75, 3.05) is 10.6 Å². The van der Waals surface area contributed by atoms with Crippen LogP contribution < -0.4 is 10.6 Å². The van der Waals surface area contributed by atoms with Crippen LogP contribution in [0.2, 0.25) is 0 Å². The summed E-state index contributed by atoms with van der Waals surface area (Å²) in [6.07, 6.45) is 0. The highest BCUT2D eigenvalue weighted by Crippen LogP contribution is 2.39. The van der Waals surface area contributed by atoms with Gasteiger partial charge in [0.05, 0.1) is 11.3 Å². The summed E-state index contributed by atoms with van der Waals surface area (Å²) in [5, 5.41) is 9.28. The predicted octanol–water partition coefficient (Wildman–Crippen LogP) is 3.95. The van der Waals surface area contributed by atoms with E-state index in [1.165, 1.54) is 11.8 Å². The molecule has 1 aliphatic heterocycles. The van der Waals surface area contributed by atoms with E-state index >= 15 is 0 Å². The van der Waals surface area contributed by atoms with Gasteiger partial charge in [-0.1, -0.05) is 29.1 Å². The van der Waals surface area contributed by atoms with Crippen LogP contribution in [0.25, 0.3) is 0 Å². The van der Waals surface area contributed by atoms with Gasteiger partial charge in [-0.15, -0.1) is 0 Å². The molecule has 0 saturated carbocycles. The maximum absolute atomic E-state index is 12.4. The molecule has 0 aliphatic carbocycles. The van der Waals surface area contributed by atoms with Crippen molar-refractivity contribution < 1.29 is 14.1 Å². The standard InChI is InChI=1S/C18H13N3O3S/c1-10-8-16(21-24-10)20-17(22)11-6-7-15-13(9-11)19-18(23)12-4-2-3-5-14(12)25-15/h2-9H,1H3,(H,19,23)(H,20,21,22). The number of carbonyl (C=O) groups is 2. The highest BCUT2D eigenvalue weighted by atomic mass is 32.2. The number of fused-ring (bicyclic) bond motifs is 2. The van der Waals surface area contributed by atoms with Gasteiger partial charge in [0, 0.05) is 21.4 Å². The lowest BCUT2D eigenvalue weighted by Crippen LogP contribution is -2.14. The number of hydrogen-bond acceptors (Lipinski definition) is 5. The van der Waals surface area contributed by atoms with E-state index in [0.717, 1.165) is 9.79 Å². The van der Waals surface area contributed by atoms with Gasteiger partial charge < -0.3 is 15.2 Å². The zero-order chi connectivity index (χ0) is 17.4. The fraction of sp³-hybridized carbons (Fsp3) is 0.0556. The molecule has 124 valence electrons. The Balaban J connectivity index is 1.63. The summed E-state index contributed by atoms with van der Waals surface area (Å²) in [6.45, 7) is 1.75. The van der Waals surface area contributed by atoms with Crippen molar-refractivity contribution in [3.8, 4) is 0 Å². The summed E-state index contributed by atoms with van der Waals surface area (Å²) in [5.41, 5.74) is 1.65. The fourth-order valence-corrected chi connectivity index (χ4v) is 3.53. The minimum atomic E-state index is -0.322. The molecule has 1 aromatic heterocycles. The molecule has 0 spiro atoms. The number of nitrogens with one attached hydrogen (secondary N) is 2. The molecule has 0 unspecified atom stereocenters. The number of anilines is 2. The molecule has 2 N–H and O–H groups in total. The van der Waals surface area contributed by atoms with Crippen molar-refractivity contribution >= 4 is 35.1 Å². The normalized spacial score (nSPS) is 12.6. The third-order valence-corrected chi connectivity index (χ3v) is 4.86. The highest BCUT2D eigenvalue weighted by molar-refractivity contribution is 7.99. The Kier molecular flexibility index (Phi) is 3.77. The van der Waals surface area contributed by atoms with E-state index in [1.54, 1.807) is 31.2 Å². The predicted molar refractivity (Wildman–Crippen MR) is 94.2 cm³/mol. The topological polar surface area (TPSA) is 84.2 Å². The van der Waals surface area contributed by atoms with Gasteiger partial charge in [-0.05, 0) is 37.3 Å². The van der Waals surface area contributed by atoms with Crippen molar-refractivity contribution in [2.45, 2.75) is 16.7 Å². The second-order valence-electron chi connectivity index (χ2n) is 5.54. The molecule has 6 nitrogen and oxygen atoms in total. The summed E-state index contributed by atoms with van der Waals surface area (Å²) < 4.78 is 4.93. The van der Waals surface area contributed by atoms with Crippen LogP contribution in [0.15, 0.2) is 62.8 Å². The Labute approximate surface area is 147 Å². The van der Waals surface area contributed by atoms with Gasteiger partial charge >= 0.3 is 0 Å². The van der Waals surface area contributed by atoms with Gasteiger partial charge in [0.25, 0.3) is 11.8 Å². The van der Waals surface area contributed by atoms with Crippen molar-refractivity contribution in [1.29, 1.82) is 0 Å². The molecular weight excluding hydrogens is 338 g/mol. The Morgan fingerprint density at radius 1 is 1.16 bits per heavy atom.